The van der Waals surface area contributed by atoms with Crippen LogP contribution < -0.4 is 19.5 Å². The minimum absolute atomic E-state index is 0.166. The number of likely N-dealkylation sites (tertiary alicyclic amines) is 1. The Bertz CT molecular complexity index is 601. The fourth-order valence-electron chi connectivity index (χ4n) is 2.44. The molecule has 3 rings (SSSR count). The van der Waals surface area contributed by atoms with Gasteiger partial charge in [0.1, 0.15) is 0 Å². The summed E-state index contributed by atoms with van der Waals surface area (Å²) >= 11 is 0. The second kappa shape index (κ2) is 5.25. The highest BCUT2D eigenvalue weighted by molar-refractivity contribution is 6.05. The molecule has 0 aromatic heterocycles. The van der Waals surface area contributed by atoms with Gasteiger partial charge in [0.25, 0.3) is 0 Å². The predicted molar refractivity (Wildman–Crippen MR) is 72.1 cm³/mol. The zero-order chi connectivity index (χ0) is 15.0. The van der Waals surface area contributed by atoms with Crippen LogP contribution in [0.2, 0.25) is 0 Å². The van der Waals surface area contributed by atoms with Crippen LogP contribution in [0.3, 0.4) is 0 Å². The number of ether oxygens (including phenoxy) is 3. The molecular weight excluding hydrogens is 276 g/mol. The fourth-order valence-corrected chi connectivity index (χ4v) is 2.44. The van der Waals surface area contributed by atoms with E-state index < -0.39 is 6.04 Å². The van der Waals surface area contributed by atoms with Gasteiger partial charge in [-0.3, -0.25) is 14.5 Å². The van der Waals surface area contributed by atoms with E-state index in [2.05, 4.69) is 5.32 Å². The quantitative estimate of drug-likeness (QED) is 0.803. The first-order valence-electron chi connectivity index (χ1n) is 6.60. The lowest BCUT2D eigenvalue weighted by Gasteiger charge is -2.12. The lowest BCUT2D eigenvalue weighted by atomic mass is 10.1. The van der Waals surface area contributed by atoms with Crippen molar-refractivity contribution in [1.82, 2.24) is 10.2 Å². The van der Waals surface area contributed by atoms with E-state index in [0.29, 0.717) is 23.8 Å². The third kappa shape index (κ3) is 2.40. The molecule has 112 valence electrons. The summed E-state index contributed by atoms with van der Waals surface area (Å²) in [6, 6.07) is 3.19. The molecule has 7 nitrogen and oxygen atoms in total. The van der Waals surface area contributed by atoms with Crippen molar-refractivity contribution in [1.29, 1.82) is 0 Å². The Kier molecular flexibility index (Phi) is 3.42. The first-order chi connectivity index (χ1) is 10.1. The smallest absolute Gasteiger partial charge is 0.246 e. The van der Waals surface area contributed by atoms with Gasteiger partial charge in [0.15, 0.2) is 11.5 Å². The summed E-state index contributed by atoms with van der Waals surface area (Å²) in [7, 11) is 3.05. The van der Waals surface area contributed by atoms with E-state index in [-0.39, 0.29) is 25.0 Å². The normalized spacial score (nSPS) is 20.3. The zero-order valence-corrected chi connectivity index (χ0v) is 11.8. The number of carbonyl (C=O) groups is 2. The monoisotopic (exact) mass is 292 g/mol. The summed E-state index contributed by atoms with van der Waals surface area (Å²) in [5.74, 6) is 1.44. The molecule has 2 amide bonds. The van der Waals surface area contributed by atoms with Crippen LogP contribution in [0.5, 0.6) is 17.2 Å². The highest BCUT2D eigenvalue weighted by Gasteiger charge is 2.35. The van der Waals surface area contributed by atoms with E-state index in [1.165, 1.54) is 7.05 Å². The fraction of sp³-hybridized carbons (Fsp3) is 0.429. The van der Waals surface area contributed by atoms with Crippen molar-refractivity contribution in [3.05, 3.63) is 17.7 Å². The Balaban J connectivity index is 1.72. The molecule has 1 N–H and O–H groups in total. The molecule has 2 aliphatic heterocycles. The van der Waals surface area contributed by atoms with Crippen molar-refractivity contribution in [2.45, 2.75) is 19.0 Å². The topological polar surface area (TPSA) is 77.1 Å². The molecule has 1 atom stereocenters. The number of hydrogen-bond acceptors (Lipinski definition) is 6. The Morgan fingerprint density at radius 2 is 2.19 bits per heavy atom. The molecule has 21 heavy (non-hydrogen) atoms. The molecule has 1 saturated heterocycles. The number of nitrogens with zero attached hydrogens (tertiary/aromatic N) is 1. The lowest BCUT2D eigenvalue weighted by molar-refractivity contribution is -0.137. The molecule has 7 heteroatoms. The van der Waals surface area contributed by atoms with Crippen LogP contribution in [0.4, 0.5) is 0 Å². The molecule has 1 aromatic rings. The minimum Gasteiger partial charge on any atom is -0.493 e. The number of carbonyl (C=O) groups excluding carboxylic acids is 2. The maximum absolute atomic E-state index is 11.8. The molecule has 0 radical (unpaired) electrons. The Morgan fingerprint density at radius 3 is 2.86 bits per heavy atom. The van der Waals surface area contributed by atoms with Crippen LogP contribution in [0.1, 0.15) is 12.0 Å². The van der Waals surface area contributed by atoms with Gasteiger partial charge in [0, 0.05) is 13.6 Å². The molecule has 2 aliphatic rings. The Morgan fingerprint density at radius 1 is 1.38 bits per heavy atom. The number of imide groups is 1. The Labute approximate surface area is 121 Å². The zero-order valence-electron chi connectivity index (χ0n) is 11.8. The average molecular weight is 292 g/mol. The second-order valence-corrected chi connectivity index (χ2v) is 4.96. The number of nitrogens with one attached hydrogen (secondary N) is 1. The largest absolute Gasteiger partial charge is 0.493 e. The van der Waals surface area contributed by atoms with E-state index in [9.17, 15) is 9.59 Å². The lowest BCUT2D eigenvalue weighted by Crippen LogP contribution is -2.36. The van der Waals surface area contributed by atoms with Gasteiger partial charge in [0.2, 0.25) is 24.4 Å². The molecule has 0 saturated carbocycles. The van der Waals surface area contributed by atoms with Crippen molar-refractivity contribution >= 4 is 11.8 Å². The van der Waals surface area contributed by atoms with E-state index in [1.807, 2.05) is 12.1 Å². The molecule has 0 spiro atoms. The summed E-state index contributed by atoms with van der Waals surface area (Å²) in [6.07, 6.45) is 0.191. The number of rotatable bonds is 4. The molecule has 1 fully saturated rings. The van der Waals surface area contributed by atoms with Crippen LogP contribution >= 0.6 is 0 Å². The number of fused-ring (bicyclic) bond motifs is 1. The Hall–Kier alpha value is -2.28. The van der Waals surface area contributed by atoms with Crippen LogP contribution in [-0.2, 0) is 16.1 Å². The molecule has 0 aliphatic carbocycles. The van der Waals surface area contributed by atoms with Crippen molar-refractivity contribution in [3.63, 3.8) is 0 Å². The summed E-state index contributed by atoms with van der Waals surface area (Å²) < 4.78 is 15.9. The minimum atomic E-state index is -0.473. The van der Waals surface area contributed by atoms with E-state index in [1.54, 1.807) is 7.11 Å². The summed E-state index contributed by atoms with van der Waals surface area (Å²) in [4.78, 5) is 24.4. The number of methoxy groups -OCH3 is 1. The third-order valence-electron chi connectivity index (χ3n) is 3.65. The summed E-state index contributed by atoms with van der Waals surface area (Å²) in [6.45, 7) is 0.605. The van der Waals surface area contributed by atoms with Crippen LogP contribution in [0.15, 0.2) is 12.1 Å². The van der Waals surface area contributed by atoms with Gasteiger partial charge in [-0.2, -0.15) is 0 Å². The first-order valence-corrected chi connectivity index (χ1v) is 6.60. The highest BCUT2D eigenvalue weighted by atomic mass is 16.7. The SMILES string of the molecule is COc1cc(CNC2CC(=O)N(C)C2=O)cc2c1OCO2. The molecular formula is C14H16N2O5. The van der Waals surface area contributed by atoms with Gasteiger partial charge >= 0.3 is 0 Å². The van der Waals surface area contributed by atoms with Crippen LogP contribution in [-0.4, -0.2) is 43.7 Å². The van der Waals surface area contributed by atoms with E-state index >= 15 is 0 Å². The van der Waals surface area contributed by atoms with E-state index in [4.69, 9.17) is 14.2 Å². The van der Waals surface area contributed by atoms with Gasteiger partial charge in [-0.1, -0.05) is 0 Å². The molecule has 1 aromatic carbocycles. The third-order valence-corrected chi connectivity index (χ3v) is 3.65. The molecule has 0 bridgehead atoms. The highest BCUT2D eigenvalue weighted by Crippen LogP contribution is 2.41. The maximum atomic E-state index is 11.8. The second-order valence-electron chi connectivity index (χ2n) is 4.96. The van der Waals surface area contributed by atoms with Crippen molar-refractivity contribution in [3.8, 4) is 17.2 Å². The van der Waals surface area contributed by atoms with Crippen LogP contribution in [0.25, 0.3) is 0 Å². The van der Waals surface area contributed by atoms with Crippen molar-refractivity contribution < 1.29 is 23.8 Å². The standard InChI is InChI=1S/C14H16N2O5/c1-16-12(17)5-9(14(16)18)15-6-8-3-10(19-2)13-11(4-8)20-7-21-13/h3-4,9,15H,5-7H2,1-2H3. The predicted octanol–water partition coefficient (Wildman–Crippen LogP) is 0.271. The van der Waals surface area contributed by atoms with E-state index in [0.717, 1.165) is 10.5 Å². The molecule has 1 unspecified atom stereocenters. The number of likely N-dealkylation sites (N-methyl/N-ethyl adjacent to an activating group) is 1. The van der Waals surface area contributed by atoms with Gasteiger partial charge in [-0.05, 0) is 17.7 Å². The van der Waals surface area contributed by atoms with Crippen LogP contribution in [0, 0.1) is 0 Å². The maximum Gasteiger partial charge on any atom is 0.246 e. The summed E-state index contributed by atoms with van der Waals surface area (Å²) in [5.41, 5.74) is 0.894. The van der Waals surface area contributed by atoms with Crippen molar-refractivity contribution in [2.24, 2.45) is 0 Å². The number of amides is 2. The van der Waals surface area contributed by atoms with Crippen molar-refractivity contribution in [2.75, 3.05) is 21.0 Å². The molecule has 2 heterocycles. The van der Waals surface area contributed by atoms with Gasteiger partial charge < -0.3 is 19.5 Å². The van der Waals surface area contributed by atoms with Gasteiger partial charge in [0.05, 0.1) is 19.6 Å². The van der Waals surface area contributed by atoms with Gasteiger partial charge in [-0.15, -0.1) is 0 Å². The average Bonchev–Trinajstić information content (AvgIpc) is 3.05. The summed E-state index contributed by atoms with van der Waals surface area (Å²) in [5, 5.41) is 3.09. The first kappa shape index (κ1) is 13.7. The van der Waals surface area contributed by atoms with Gasteiger partial charge in [-0.25, -0.2) is 0 Å². The number of benzene rings is 1. The number of hydrogen-bond donors (Lipinski definition) is 1.